The Morgan fingerprint density at radius 1 is 1.54 bits per heavy atom. The van der Waals surface area contributed by atoms with E-state index >= 15 is 0 Å². The number of aliphatic hydroxyl groups is 1. The van der Waals surface area contributed by atoms with Crippen molar-refractivity contribution in [2.75, 3.05) is 19.7 Å². The second-order valence-corrected chi connectivity index (χ2v) is 4.13. The molecule has 0 saturated carbocycles. The van der Waals surface area contributed by atoms with Gasteiger partial charge in [0.25, 0.3) is 0 Å². The molecule has 1 saturated heterocycles. The normalized spacial score (nSPS) is 28.2. The predicted octanol–water partition coefficient (Wildman–Crippen LogP) is 1.34. The SMILES string of the molecule is OC[C@@H]1CNC[C@@H]1c1ccc(Br)o1. The van der Waals surface area contributed by atoms with Gasteiger partial charge in [-0.05, 0) is 28.1 Å². The van der Waals surface area contributed by atoms with Gasteiger partial charge in [0.15, 0.2) is 4.67 Å². The van der Waals surface area contributed by atoms with Gasteiger partial charge in [-0.15, -0.1) is 0 Å². The van der Waals surface area contributed by atoms with Gasteiger partial charge in [0.2, 0.25) is 0 Å². The number of aliphatic hydroxyl groups excluding tert-OH is 1. The first-order chi connectivity index (χ1) is 6.31. The molecule has 4 heteroatoms. The van der Waals surface area contributed by atoms with Crippen LogP contribution in [0.25, 0.3) is 0 Å². The Kier molecular flexibility index (Phi) is 2.71. The molecule has 1 aliphatic rings. The zero-order valence-corrected chi connectivity index (χ0v) is 8.75. The summed E-state index contributed by atoms with van der Waals surface area (Å²) in [5, 5.41) is 12.4. The summed E-state index contributed by atoms with van der Waals surface area (Å²) in [7, 11) is 0. The van der Waals surface area contributed by atoms with Crippen molar-refractivity contribution in [3.8, 4) is 0 Å². The van der Waals surface area contributed by atoms with Gasteiger partial charge in [-0.25, -0.2) is 0 Å². The predicted molar refractivity (Wildman–Crippen MR) is 52.6 cm³/mol. The van der Waals surface area contributed by atoms with E-state index in [1.807, 2.05) is 12.1 Å². The smallest absolute Gasteiger partial charge is 0.169 e. The molecular weight excluding hydrogens is 234 g/mol. The van der Waals surface area contributed by atoms with E-state index < -0.39 is 0 Å². The summed E-state index contributed by atoms with van der Waals surface area (Å²) in [6.07, 6.45) is 0. The van der Waals surface area contributed by atoms with Gasteiger partial charge in [0, 0.05) is 31.5 Å². The summed E-state index contributed by atoms with van der Waals surface area (Å²) in [4.78, 5) is 0. The first kappa shape index (κ1) is 9.24. The van der Waals surface area contributed by atoms with Gasteiger partial charge in [-0.1, -0.05) is 0 Å². The van der Waals surface area contributed by atoms with Crippen LogP contribution in [0.3, 0.4) is 0 Å². The maximum Gasteiger partial charge on any atom is 0.169 e. The Balaban J connectivity index is 2.15. The Hall–Kier alpha value is -0.320. The van der Waals surface area contributed by atoms with Crippen LogP contribution in [-0.2, 0) is 0 Å². The highest BCUT2D eigenvalue weighted by Crippen LogP contribution is 2.30. The lowest BCUT2D eigenvalue weighted by atomic mass is 9.95. The van der Waals surface area contributed by atoms with E-state index in [4.69, 9.17) is 9.52 Å². The highest BCUT2D eigenvalue weighted by Gasteiger charge is 2.29. The Labute approximate surface area is 85.3 Å². The molecule has 0 unspecified atom stereocenters. The van der Waals surface area contributed by atoms with Crippen molar-refractivity contribution in [1.29, 1.82) is 0 Å². The molecule has 72 valence electrons. The molecule has 2 rings (SSSR count). The van der Waals surface area contributed by atoms with E-state index in [0.717, 1.165) is 23.5 Å². The molecular formula is C9H12BrNO2. The Bertz CT molecular complexity index is 287. The summed E-state index contributed by atoms with van der Waals surface area (Å²) in [6, 6.07) is 3.85. The fourth-order valence-corrected chi connectivity index (χ4v) is 2.10. The molecule has 1 aromatic heterocycles. The van der Waals surface area contributed by atoms with Crippen LogP contribution in [0.4, 0.5) is 0 Å². The molecule has 3 nitrogen and oxygen atoms in total. The van der Waals surface area contributed by atoms with E-state index in [1.165, 1.54) is 0 Å². The maximum absolute atomic E-state index is 9.11. The van der Waals surface area contributed by atoms with Crippen molar-refractivity contribution in [2.24, 2.45) is 5.92 Å². The van der Waals surface area contributed by atoms with Crippen LogP contribution in [0.15, 0.2) is 21.2 Å². The summed E-state index contributed by atoms with van der Waals surface area (Å²) < 4.78 is 6.22. The lowest BCUT2D eigenvalue weighted by molar-refractivity contribution is 0.218. The number of furan rings is 1. The number of halogens is 1. The van der Waals surface area contributed by atoms with Gasteiger partial charge in [0.1, 0.15) is 5.76 Å². The summed E-state index contributed by atoms with van der Waals surface area (Å²) in [5.74, 6) is 1.56. The lowest BCUT2D eigenvalue weighted by Crippen LogP contribution is -2.14. The summed E-state index contributed by atoms with van der Waals surface area (Å²) in [6.45, 7) is 1.99. The second-order valence-electron chi connectivity index (χ2n) is 3.35. The average molecular weight is 246 g/mol. The van der Waals surface area contributed by atoms with Gasteiger partial charge >= 0.3 is 0 Å². The highest BCUT2D eigenvalue weighted by atomic mass is 79.9. The molecule has 2 atom stereocenters. The van der Waals surface area contributed by atoms with Gasteiger partial charge < -0.3 is 14.8 Å². The molecule has 2 heterocycles. The van der Waals surface area contributed by atoms with Crippen LogP contribution in [0.2, 0.25) is 0 Å². The zero-order valence-electron chi connectivity index (χ0n) is 7.16. The van der Waals surface area contributed by atoms with E-state index in [0.29, 0.717) is 5.92 Å². The minimum absolute atomic E-state index is 0.218. The minimum Gasteiger partial charge on any atom is -0.454 e. The number of nitrogens with one attached hydrogen (secondary N) is 1. The van der Waals surface area contributed by atoms with Crippen molar-refractivity contribution >= 4 is 15.9 Å². The van der Waals surface area contributed by atoms with Crippen LogP contribution in [-0.4, -0.2) is 24.8 Å². The third-order valence-electron chi connectivity index (χ3n) is 2.53. The van der Waals surface area contributed by atoms with Gasteiger partial charge in [-0.2, -0.15) is 0 Å². The molecule has 0 radical (unpaired) electrons. The van der Waals surface area contributed by atoms with Gasteiger partial charge in [0.05, 0.1) is 0 Å². The molecule has 2 N–H and O–H groups in total. The fourth-order valence-electron chi connectivity index (χ4n) is 1.79. The molecule has 1 aliphatic heterocycles. The maximum atomic E-state index is 9.11. The minimum atomic E-state index is 0.218. The molecule has 0 aromatic carbocycles. The first-order valence-corrected chi connectivity index (χ1v) is 5.17. The topological polar surface area (TPSA) is 45.4 Å². The fraction of sp³-hybridized carbons (Fsp3) is 0.556. The van der Waals surface area contributed by atoms with Crippen LogP contribution in [0.5, 0.6) is 0 Å². The van der Waals surface area contributed by atoms with Crippen molar-refractivity contribution < 1.29 is 9.52 Å². The molecule has 0 amide bonds. The standard InChI is InChI=1S/C9H12BrNO2/c10-9-2-1-8(13-9)7-4-11-3-6(7)5-12/h1-2,6-7,11-12H,3-5H2/t6-,7-/m0/s1. The molecule has 0 aliphatic carbocycles. The first-order valence-electron chi connectivity index (χ1n) is 4.38. The monoisotopic (exact) mass is 245 g/mol. The highest BCUT2D eigenvalue weighted by molar-refractivity contribution is 9.10. The number of rotatable bonds is 2. The number of hydrogen-bond donors (Lipinski definition) is 2. The average Bonchev–Trinajstić information content (AvgIpc) is 2.71. The van der Waals surface area contributed by atoms with Crippen molar-refractivity contribution in [1.82, 2.24) is 5.32 Å². The van der Waals surface area contributed by atoms with Gasteiger partial charge in [-0.3, -0.25) is 0 Å². The lowest BCUT2D eigenvalue weighted by Gasteiger charge is -2.12. The van der Waals surface area contributed by atoms with Crippen molar-refractivity contribution in [3.63, 3.8) is 0 Å². The third-order valence-corrected chi connectivity index (χ3v) is 2.96. The summed E-state index contributed by atoms with van der Waals surface area (Å²) in [5.41, 5.74) is 0. The Morgan fingerprint density at radius 2 is 2.38 bits per heavy atom. The summed E-state index contributed by atoms with van der Waals surface area (Å²) >= 11 is 3.27. The van der Waals surface area contributed by atoms with Crippen molar-refractivity contribution in [2.45, 2.75) is 5.92 Å². The van der Waals surface area contributed by atoms with E-state index in [-0.39, 0.29) is 12.5 Å². The van der Waals surface area contributed by atoms with E-state index in [1.54, 1.807) is 0 Å². The van der Waals surface area contributed by atoms with Crippen LogP contribution >= 0.6 is 15.9 Å². The van der Waals surface area contributed by atoms with Crippen LogP contribution < -0.4 is 5.32 Å². The van der Waals surface area contributed by atoms with Crippen LogP contribution in [0.1, 0.15) is 11.7 Å². The third kappa shape index (κ3) is 1.80. The van der Waals surface area contributed by atoms with Crippen LogP contribution in [0, 0.1) is 5.92 Å². The van der Waals surface area contributed by atoms with Crippen molar-refractivity contribution in [3.05, 3.63) is 22.6 Å². The molecule has 0 bridgehead atoms. The Morgan fingerprint density at radius 3 is 3.00 bits per heavy atom. The molecule has 13 heavy (non-hydrogen) atoms. The molecule has 0 spiro atoms. The number of hydrogen-bond acceptors (Lipinski definition) is 3. The second kappa shape index (κ2) is 3.82. The molecule has 1 aromatic rings. The van der Waals surface area contributed by atoms with E-state index in [9.17, 15) is 0 Å². The zero-order chi connectivity index (χ0) is 9.26. The molecule has 1 fully saturated rings. The van der Waals surface area contributed by atoms with E-state index in [2.05, 4.69) is 21.2 Å². The largest absolute Gasteiger partial charge is 0.454 e. The quantitative estimate of drug-likeness (QED) is 0.827.